The lowest BCUT2D eigenvalue weighted by atomic mass is 10.0. The number of hydrazone groups is 1. The Balaban J connectivity index is 2.07. The van der Waals surface area contributed by atoms with E-state index < -0.39 is 24.0 Å². The zero-order chi connectivity index (χ0) is 27.5. The Morgan fingerprint density at radius 1 is 1.16 bits per heavy atom. The minimum Gasteiger partial charge on any atom is -0.493 e. The number of hydrogen-bond acceptors (Lipinski definition) is 6. The molecule has 2 N–H and O–H groups in total. The van der Waals surface area contributed by atoms with Crippen LogP contribution in [0.5, 0.6) is 17.2 Å². The van der Waals surface area contributed by atoms with E-state index in [4.69, 9.17) is 43.8 Å². The number of amides is 2. The van der Waals surface area contributed by atoms with Crippen molar-refractivity contribution in [2.24, 2.45) is 11.0 Å². The van der Waals surface area contributed by atoms with Gasteiger partial charge in [0.05, 0.1) is 22.8 Å². The molecule has 0 aliphatic carbocycles. The van der Waals surface area contributed by atoms with Gasteiger partial charge in [-0.1, -0.05) is 43.0 Å². The first kappa shape index (κ1) is 30.3. The molecule has 2 aromatic rings. The Labute approximate surface area is 235 Å². The molecule has 0 bridgehead atoms. The standard InChI is InChI=1S/C26H28BrCl2N3O5/c1-6-9-36-24-19(27)11-17(12-23(24)35-5)14-30-32-26(34)21(10-15(2)3)31-25(33)16(4)37-22-8-7-18(28)13-20(22)29/h1,7-8,11-16,21H,9-10H2,2-5H3,(H,31,33)(H,32,34)/b30-14-/t16-,21+/m0/s1. The zero-order valence-corrected chi connectivity index (χ0v) is 23.9. The molecule has 0 saturated heterocycles. The Morgan fingerprint density at radius 2 is 1.89 bits per heavy atom. The second-order valence-corrected chi connectivity index (χ2v) is 9.98. The minimum absolute atomic E-state index is 0.0812. The molecule has 198 valence electrons. The van der Waals surface area contributed by atoms with Crippen molar-refractivity contribution in [2.45, 2.75) is 39.3 Å². The number of ether oxygens (including phenoxy) is 3. The maximum absolute atomic E-state index is 12.9. The Hall–Kier alpha value is -2.93. The smallest absolute Gasteiger partial charge is 0.262 e. The molecule has 0 aliphatic heterocycles. The number of terminal acetylenes is 1. The lowest BCUT2D eigenvalue weighted by molar-refractivity contribution is -0.132. The molecular weight excluding hydrogens is 585 g/mol. The monoisotopic (exact) mass is 611 g/mol. The molecule has 0 unspecified atom stereocenters. The summed E-state index contributed by atoms with van der Waals surface area (Å²) in [6.45, 7) is 5.52. The van der Waals surface area contributed by atoms with Gasteiger partial charge < -0.3 is 19.5 Å². The molecule has 2 aromatic carbocycles. The summed E-state index contributed by atoms with van der Waals surface area (Å²) in [5.74, 6) is 2.77. The summed E-state index contributed by atoms with van der Waals surface area (Å²) in [4.78, 5) is 25.6. The maximum Gasteiger partial charge on any atom is 0.262 e. The Morgan fingerprint density at radius 3 is 2.51 bits per heavy atom. The van der Waals surface area contributed by atoms with Crippen LogP contribution in [0.3, 0.4) is 0 Å². The van der Waals surface area contributed by atoms with E-state index in [0.717, 1.165) is 0 Å². The quantitative estimate of drug-likeness (QED) is 0.194. The van der Waals surface area contributed by atoms with Crippen molar-refractivity contribution in [3.8, 4) is 29.6 Å². The number of nitrogens with one attached hydrogen (secondary N) is 2. The molecule has 2 amide bonds. The van der Waals surface area contributed by atoms with E-state index in [9.17, 15) is 9.59 Å². The van der Waals surface area contributed by atoms with Gasteiger partial charge in [-0.3, -0.25) is 9.59 Å². The molecule has 0 radical (unpaired) electrons. The van der Waals surface area contributed by atoms with Gasteiger partial charge in [0.2, 0.25) is 0 Å². The molecule has 0 heterocycles. The summed E-state index contributed by atoms with van der Waals surface area (Å²) in [5, 5.41) is 7.48. The number of rotatable bonds is 12. The van der Waals surface area contributed by atoms with E-state index in [1.54, 1.807) is 31.2 Å². The molecule has 37 heavy (non-hydrogen) atoms. The summed E-state index contributed by atoms with van der Waals surface area (Å²) in [5.41, 5.74) is 3.11. The van der Waals surface area contributed by atoms with Gasteiger partial charge in [-0.05, 0) is 71.1 Å². The van der Waals surface area contributed by atoms with E-state index in [-0.39, 0.29) is 17.5 Å². The molecule has 0 aliphatic rings. The summed E-state index contributed by atoms with van der Waals surface area (Å²) < 4.78 is 17.1. The summed E-state index contributed by atoms with van der Waals surface area (Å²) in [6.07, 6.45) is 6.17. The molecule has 2 rings (SSSR count). The molecule has 0 aromatic heterocycles. The molecule has 0 spiro atoms. The van der Waals surface area contributed by atoms with Crippen molar-refractivity contribution in [1.29, 1.82) is 0 Å². The average Bonchev–Trinajstić information content (AvgIpc) is 2.83. The first-order valence-electron chi connectivity index (χ1n) is 11.2. The van der Waals surface area contributed by atoms with E-state index in [1.807, 2.05) is 13.8 Å². The highest BCUT2D eigenvalue weighted by Gasteiger charge is 2.25. The summed E-state index contributed by atoms with van der Waals surface area (Å²) in [6, 6.07) is 7.27. The third-order valence-electron chi connectivity index (χ3n) is 4.85. The Bertz CT molecular complexity index is 1180. The fourth-order valence-corrected chi connectivity index (χ4v) is 4.15. The van der Waals surface area contributed by atoms with Crippen LogP contribution in [0.2, 0.25) is 10.0 Å². The van der Waals surface area contributed by atoms with Crippen LogP contribution in [0.1, 0.15) is 32.8 Å². The summed E-state index contributed by atoms with van der Waals surface area (Å²) >= 11 is 15.4. The highest BCUT2D eigenvalue weighted by Crippen LogP contribution is 2.36. The van der Waals surface area contributed by atoms with Gasteiger partial charge in [-0.25, -0.2) is 5.43 Å². The largest absolute Gasteiger partial charge is 0.493 e. The van der Waals surface area contributed by atoms with Gasteiger partial charge in [0.25, 0.3) is 11.8 Å². The van der Waals surface area contributed by atoms with Crippen molar-refractivity contribution < 1.29 is 23.8 Å². The molecule has 0 saturated carbocycles. The van der Waals surface area contributed by atoms with Crippen molar-refractivity contribution in [3.63, 3.8) is 0 Å². The van der Waals surface area contributed by atoms with Gasteiger partial charge in [-0.15, -0.1) is 6.42 Å². The number of halogens is 3. The fourth-order valence-electron chi connectivity index (χ4n) is 3.12. The average molecular weight is 613 g/mol. The number of carbonyl (C=O) groups excluding carboxylic acids is 2. The molecule has 11 heteroatoms. The van der Waals surface area contributed by atoms with Gasteiger partial charge in [0.1, 0.15) is 18.4 Å². The SMILES string of the molecule is C#CCOc1c(Br)cc(/C=N\NC(=O)[C@@H](CC(C)C)NC(=O)[C@H](C)Oc2ccc(Cl)cc2Cl)cc1OC. The van der Waals surface area contributed by atoms with Crippen molar-refractivity contribution in [3.05, 3.63) is 50.4 Å². The van der Waals surface area contributed by atoms with Crippen molar-refractivity contribution in [2.75, 3.05) is 13.7 Å². The first-order valence-corrected chi connectivity index (χ1v) is 12.8. The Kier molecular flexibility index (Phi) is 12.1. The third kappa shape index (κ3) is 9.47. The number of carbonyl (C=O) groups is 2. The lowest BCUT2D eigenvalue weighted by Crippen LogP contribution is -2.49. The van der Waals surface area contributed by atoms with Crippen LogP contribution >= 0.6 is 39.1 Å². The number of benzene rings is 2. The van der Waals surface area contributed by atoms with Crippen LogP contribution in [-0.4, -0.2) is 43.9 Å². The van der Waals surface area contributed by atoms with Gasteiger partial charge in [0.15, 0.2) is 17.6 Å². The van der Waals surface area contributed by atoms with E-state index in [1.165, 1.54) is 19.4 Å². The van der Waals surface area contributed by atoms with Crippen LogP contribution < -0.4 is 25.0 Å². The van der Waals surface area contributed by atoms with Crippen LogP contribution in [-0.2, 0) is 9.59 Å². The van der Waals surface area contributed by atoms with Gasteiger partial charge in [0, 0.05) is 5.02 Å². The van der Waals surface area contributed by atoms with E-state index in [2.05, 4.69) is 37.7 Å². The second-order valence-electron chi connectivity index (χ2n) is 8.29. The van der Waals surface area contributed by atoms with Crippen LogP contribution in [0.15, 0.2) is 39.9 Å². The molecular formula is C26H28BrCl2N3O5. The normalized spacial score (nSPS) is 12.5. The van der Waals surface area contributed by atoms with Crippen molar-refractivity contribution >= 4 is 57.2 Å². The lowest BCUT2D eigenvalue weighted by Gasteiger charge is -2.22. The number of hydrogen-bond donors (Lipinski definition) is 2. The maximum atomic E-state index is 12.9. The van der Waals surface area contributed by atoms with Crippen LogP contribution in [0.4, 0.5) is 0 Å². The second kappa shape index (κ2) is 14.7. The van der Waals surface area contributed by atoms with E-state index in [0.29, 0.717) is 38.7 Å². The van der Waals surface area contributed by atoms with Crippen LogP contribution in [0, 0.1) is 18.3 Å². The predicted octanol–water partition coefficient (Wildman–Crippen LogP) is 5.23. The van der Waals surface area contributed by atoms with Crippen molar-refractivity contribution in [1.82, 2.24) is 10.7 Å². The molecule has 8 nitrogen and oxygen atoms in total. The van der Waals surface area contributed by atoms with E-state index >= 15 is 0 Å². The molecule has 2 atom stereocenters. The number of nitrogens with zero attached hydrogens (tertiary/aromatic N) is 1. The third-order valence-corrected chi connectivity index (χ3v) is 5.97. The van der Waals surface area contributed by atoms with Gasteiger partial charge in [-0.2, -0.15) is 5.10 Å². The van der Waals surface area contributed by atoms with Gasteiger partial charge >= 0.3 is 0 Å². The zero-order valence-electron chi connectivity index (χ0n) is 20.8. The van der Waals surface area contributed by atoms with Crippen LogP contribution in [0.25, 0.3) is 0 Å². The predicted molar refractivity (Wildman–Crippen MR) is 149 cm³/mol. The minimum atomic E-state index is -0.912. The first-order chi connectivity index (χ1) is 17.5. The number of methoxy groups -OCH3 is 1. The summed E-state index contributed by atoms with van der Waals surface area (Å²) in [7, 11) is 1.50. The fraction of sp³-hybridized carbons (Fsp3) is 0.346. The highest BCUT2D eigenvalue weighted by molar-refractivity contribution is 9.10. The highest BCUT2D eigenvalue weighted by atomic mass is 79.9. The molecule has 0 fully saturated rings. The topological polar surface area (TPSA) is 98.2 Å².